The third kappa shape index (κ3) is 4.20. The Kier molecular flexibility index (Phi) is 5.26. The van der Waals surface area contributed by atoms with Crippen molar-refractivity contribution in [1.82, 2.24) is 4.90 Å². The SMILES string of the molecule is CC(c1cccc(Cl)c1)N(C)CC1CCC(N)CC1. The van der Waals surface area contributed by atoms with Crippen molar-refractivity contribution in [2.75, 3.05) is 13.6 Å². The molecule has 1 fully saturated rings. The highest BCUT2D eigenvalue weighted by Crippen LogP contribution is 2.27. The molecule has 1 aliphatic rings. The van der Waals surface area contributed by atoms with Gasteiger partial charge in [0.1, 0.15) is 0 Å². The second kappa shape index (κ2) is 6.74. The first-order valence-corrected chi connectivity index (χ1v) is 7.65. The van der Waals surface area contributed by atoms with Gasteiger partial charge >= 0.3 is 0 Å². The maximum atomic E-state index is 6.07. The van der Waals surface area contributed by atoms with E-state index in [4.69, 9.17) is 17.3 Å². The highest BCUT2D eigenvalue weighted by atomic mass is 35.5. The molecule has 3 heteroatoms. The summed E-state index contributed by atoms with van der Waals surface area (Å²) in [5.74, 6) is 0.798. The minimum Gasteiger partial charge on any atom is -0.328 e. The number of nitrogens with two attached hydrogens (primary N) is 1. The van der Waals surface area contributed by atoms with E-state index < -0.39 is 0 Å². The van der Waals surface area contributed by atoms with Crippen LogP contribution in [0.1, 0.15) is 44.2 Å². The number of rotatable bonds is 4. The summed E-state index contributed by atoms with van der Waals surface area (Å²) in [6, 6.07) is 9.03. The zero-order valence-electron chi connectivity index (χ0n) is 12.0. The lowest BCUT2D eigenvalue weighted by Crippen LogP contribution is -2.33. The molecule has 19 heavy (non-hydrogen) atoms. The Morgan fingerprint density at radius 3 is 2.63 bits per heavy atom. The minimum atomic E-state index is 0.411. The van der Waals surface area contributed by atoms with E-state index in [1.54, 1.807) is 0 Å². The van der Waals surface area contributed by atoms with Gasteiger partial charge in [-0.1, -0.05) is 23.7 Å². The molecule has 0 aromatic heterocycles. The molecule has 1 unspecified atom stereocenters. The van der Waals surface area contributed by atoms with E-state index in [-0.39, 0.29) is 0 Å². The second-order valence-corrected chi connectivity index (χ2v) is 6.39. The number of hydrogen-bond acceptors (Lipinski definition) is 2. The van der Waals surface area contributed by atoms with Crippen molar-refractivity contribution in [3.05, 3.63) is 34.9 Å². The van der Waals surface area contributed by atoms with Crippen molar-refractivity contribution in [2.45, 2.75) is 44.7 Å². The van der Waals surface area contributed by atoms with Crippen molar-refractivity contribution in [1.29, 1.82) is 0 Å². The van der Waals surface area contributed by atoms with Crippen LogP contribution in [0.2, 0.25) is 5.02 Å². The summed E-state index contributed by atoms with van der Waals surface area (Å²) in [6.45, 7) is 3.40. The lowest BCUT2D eigenvalue weighted by Gasteiger charge is -2.32. The molecule has 1 saturated carbocycles. The lowest BCUT2D eigenvalue weighted by molar-refractivity contribution is 0.186. The van der Waals surface area contributed by atoms with Crippen LogP contribution in [0.4, 0.5) is 0 Å². The maximum absolute atomic E-state index is 6.07. The smallest absolute Gasteiger partial charge is 0.0409 e. The molecule has 0 saturated heterocycles. The van der Waals surface area contributed by atoms with Gasteiger partial charge in [0.05, 0.1) is 0 Å². The first-order chi connectivity index (χ1) is 9.06. The third-order valence-corrected chi connectivity index (χ3v) is 4.66. The average molecular weight is 281 g/mol. The van der Waals surface area contributed by atoms with Crippen LogP contribution in [0, 0.1) is 5.92 Å². The van der Waals surface area contributed by atoms with Crippen LogP contribution < -0.4 is 5.73 Å². The van der Waals surface area contributed by atoms with Gasteiger partial charge in [0.25, 0.3) is 0 Å². The summed E-state index contributed by atoms with van der Waals surface area (Å²) in [6.07, 6.45) is 4.91. The normalized spacial score (nSPS) is 25.5. The van der Waals surface area contributed by atoms with E-state index in [1.165, 1.54) is 31.2 Å². The molecule has 1 aliphatic carbocycles. The van der Waals surface area contributed by atoms with Gasteiger partial charge in [-0.25, -0.2) is 0 Å². The predicted octanol–water partition coefficient (Wildman–Crippen LogP) is 3.85. The van der Waals surface area contributed by atoms with Crippen LogP contribution in [0.15, 0.2) is 24.3 Å². The van der Waals surface area contributed by atoms with Crippen LogP contribution in [0.5, 0.6) is 0 Å². The van der Waals surface area contributed by atoms with Gasteiger partial charge in [0, 0.05) is 23.7 Å². The van der Waals surface area contributed by atoms with Gasteiger partial charge < -0.3 is 5.73 Å². The van der Waals surface area contributed by atoms with Crippen LogP contribution >= 0.6 is 11.6 Å². The molecule has 0 radical (unpaired) electrons. The van der Waals surface area contributed by atoms with Crippen LogP contribution in [0.3, 0.4) is 0 Å². The Morgan fingerprint density at radius 1 is 1.32 bits per heavy atom. The van der Waals surface area contributed by atoms with Crippen LogP contribution in [-0.4, -0.2) is 24.5 Å². The number of hydrogen-bond donors (Lipinski definition) is 1. The van der Waals surface area contributed by atoms with E-state index in [2.05, 4.69) is 31.0 Å². The van der Waals surface area contributed by atoms with Crippen molar-refractivity contribution in [3.63, 3.8) is 0 Å². The number of nitrogens with zero attached hydrogens (tertiary/aromatic N) is 1. The zero-order valence-corrected chi connectivity index (χ0v) is 12.7. The topological polar surface area (TPSA) is 29.3 Å². The molecule has 2 N–H and O–H groups in total. The Labute approximate surface area is 121 Å². The van der Waals surface area contributed by atoms with Gasteiger partial charge in [0.15, 0.2) is 0 Å². The quantitative estimate of drug-likeness (QED) is 0.908. The van der Waals surface area contributed by atoms with Gasteiger partial charge in [-0.05, 0) is 63.3 Å². The largest absolute Gasteiger partial charge is 0.328 e. The summed E-state index contributed by atoms with van der Waals surface area (Å²) in [7, 11) is 2.21. The third-order valence-electron chi connectivity index (χ3n) is 4.43. The zero-order chi connectivity index (χ0) is 13.8. The molecule has 1 aromatic carbocycles. The molecule has 0 aliphatic heterocycles. The molecule has 0 amide bonds. The summed E-state index contributed by atoms with van der Waals surface area (Å²) in [5, 5.41) is 0.821. The fourth-order valence-electron chi connectivity index (χ4n) is 2.96. The van der Waals surface area contributed by atoms with Crippen molar-refractivity contribution in [2.24, 2.45) is 11.7 Å². The Balaban J connectivity index is 1.90. The lowest BCUT2D eigenvalue weighted by atomic mass is 9.86. The van der Waals surface area contributed by atoms with Gasteiger partial charge in [-0.15, -0.1) is 0 Å². The minimum absolute atomic E-state index is 0.411. The summed E-state index contributed by atoms with van der Waals surface area (Å²) < 4.78 is 0. The van der Waals surface area contributed by atoms with E-state index in [9.17, 15) is 0 Å². The first-order valence-electron chi connectivity index (χ1n) is 7.27. The van der Waals surface area contributed by atoms with Crippen LogP contribution in [0.25, 0.3) is 0 Å². The summed E-state index contributed by atoms with van der Waals surface area (Å²) in [5.41, 5.74) is 7.26. The van der Waals surface area contributed by atoms with E-state index >= 15 is 0 Å². The number of halogens is 1. The molecule has 2 rings (SSSR count). The van der Waals surface area contributed by atoms with Gasteiger partial charge in [-0.3, -0.25) is 4.90 Å². The highest BCUT2D eigenvalue weighted by Gasteiger charge is 2.21. The van der Waals surface area contributed by atoms with Crippen molar-refractivity contribution >= 4 is 11.6 Å². The molecule has 0 heterocycles. The maximum Gasteiger partial charge on any atom is 0.0409 e. The Morgan fingerprint density at radius 2 is 2.00 bits per heavy atom. The fraction of sp³-hybridized carbons (Fsp3) is 0.625. The fourth-order valence-corrected chi connectivity index (χ4v) is 3.16. The molecule has 1 aromatic rings. The standard InChI is InChI=1S/C16H25ClN2/c1-12(14-4-3-5-15(17)10-14)19(2)11-13-6-8-16(18)9-7-13/h3-5,10,12-13,16H,6-9,11,18H2,1-2H3. The van der Waals surface area contributed by atoms with Crippen molar-refractivity contribution in [3.8, 4) is 0 Å². The molecule has 2 nitrogen and oxygen atoms in total. The van der Waals surface area contributed by atoms with E-state index in [0.717, 1.165) is 17.5 Å². The molecule has 1 atom stereocenters. The number of benzene rings is 1. The molecular formula is C16H25ClN2. The molecule has 0 bridgehead atoms. The molecular weight excluding hydrogens is 256 g/mol. The Hall–Kier alpha value is -0.570. The monoisotopic (exact) mass is 280 g/mol. The second-order valence-electron chi connectivity index (χ2n) is 5.95. The Bertz CT molecular complexity index is 399. The highest BCUT2D eigenvalue weighted by molar-refractivity contribution is 6.30. The first kappa shape index (κ1) is 14.8. The molecule has 106 valence electrons. The summed E-state index contributed by atoms with van der Waals surface area (Å²) in [4.78, 5) is 2.44. The van der Waals surface area contributed by atoms with Gasteiger partial charge in [-0.2, -0.15) is 0 Å². The van der Waals surface area contributed by atoms with E-state index in [1.807, 2.05) is 12.1 Å². The summed E-state index contributed by atoms with van der Waals surface area (Å²) >= 11 is 6.07. The average Bonchev–Trinajstić information content (AvgIpc) is 2.40. The predicted molar refractivity (Wildman–Crippen MR) is 82.4 cm³/mol. The van der Waals surface area contributed by atoms with E-state index in [0.29, 0.717) is 12.1 Å². The van der Waals surface area contributed by atoms with Crippen LogP contribution in [-0.2, 0) is 0 Å². The van der Waals surface area contributed by atoms with Crippen molar-refractivity contribution < 1.29 is 0 Å². The van der Waals surface area contributed by atoms with Gasteiger partial charge in [0.2, 0.25) is 0 Å². The molecule has 0 spiro atoms.